The molecule has 0 spiro atoms. The Balaban J connectivity index is 2.64. The molecule has 0 amide bonds. The predicted molar refractivity (Wildman–Crippen MR) is 46.4 cm³/mol. The standard InChI is InChI=1S/C6H7NS2/c1-4-5(2)9-6(3-8)7-4/h3,6-7H,1-2H2. The number of nitrogens with one attached hydrogen (secondary N) is 1. The van der Waals surface area contributed by atoms with Gasteiger partial charge in [-0.25, -0.2) is 0 Å². The van der Waals surface area contributed by atoms with Crippen LogP contribution in [0.3, 0.4) is 0 Å². The van der Waals surface area contributed by atoms with Crippen LogP contribution in [0.5, 0.6) is 0 Å². The first-order valence-electron chi connectivity index (χ1n) is 2.50. The number of thioether (sulfide) groups is 1. The van der Waals surface area contributed by atoms with E-state index in [0.29, 0.717) is 0 Å². The summed E-state index contributed by atoms with van der Waals surface area (Å²) in [5, 5.41) is 4.95. The van der Waals surface area contributed by atoms with Crippen molar-refractivity contribution in [3.63, 3.8) is 0 Å². The molecule has 9 heavy (non-hydrogen) atoms. The number of thiocarbonyl (C=S) groups is 1. The normalized spacial score (nSPS) is 26.0. The highest BCUT2D eigenvalue weighted by molar-refractivity contribution is 8.05. The molecule has 0 aromatic heterocycles. The zero-order chi connectivity index (χ0) is 6.85. The van der Waals surface area contributed by atoms with E-state index in [1.165, 1.54) is 0 Å². The summed E-state index contributed by atoms with van der Waals surface area (Å²) < 4.78 is 0. The highest BCUT2D eigenvalue weighted by Crippen LogP contribution is 2.29. The molecule has 1 aliphatic heterocycles. The quantitative estimate of drug-likeness (QED) is 0.582. The van der Waals surface area contributed by atoms with Crippen molar-refractivity contribution in [2.45, 2.75) is 5.37 Å². The number of rotatable bonds is 1. The fourth-order valence-corrected chi connectivity index (χ4v) is 1.57. The fourth-order valence-electron chi connectivity index (χ4n) is 0.568. The third kappa shape index (κ3) is 1.34. The number of hydrogen-bond donors (Lipinski definition) is 1. The molecule has 0 radical (unpaired) electrons. The van der Waals surface area contributed by atoms with Gasteiger partial charge in [0.25, 0.3) is 0 Å². The lowest BCUT2D eigenvalue weighted by molar-refractivity contribution is 0.962. The third-order valence-electron chi connectivity index (χ3n) is 1.05. The van der Waals surface area contributed by atoms with Crippen molar-refractivity contribution >= 4 is 29.3 Å². The Bertz CT molecular complexity index is 158. The minimum absolute atomic E-state index is 0.208. The van der Waals surface area contributed by atoms with Gasteiger partial charge in [-0.2, -0.15) is 0 Å². The van der Waals surface area contributed by atoms with Crippen LogP contribution in [0.2, 0.25) is 0 Å². The summed E-state index contributed by atoms with van der Waals surface area (Å²) in [6, 6.07) is 0. The van der Waals surface area contributed by atoms with Crippen molar-refractivity contribution in [1.29, 1.82) is 0 Å². The fraction of sp³-hybridized carbons (Fsp3) is 0.167. The van der Waals surface area contributed by atoms with Gasteiger partial charge in [-0.3, -0.25) is 0 Å². The minimum Gasteiger partial charge on any atom is -0.369 e. The predicted octanol–water partition coefficient (Wildman–Crippen LogP) is 1.68. The van der Waals surface area contributed by atoms with Gasteiger partial charge in [0.1, 0.15) is 5.37 Å². The molecule has 0 bridgehead atoms. The van der Waals surface area contributed by atoms with E-state index in [1.807, 2.05) is 0 Å². The molecule has 0 aromatic carbocycles. The lowest BCUT2D eigenvalue weighted by atomic mass is 10.5. The first kappa shape index (κ1) is 6.83. The molecule has 1 heterocycles. The molecule has 1 aliphatic rings. The van der Waals surface area contributed by atoms with Crippen LogP contribution in [0.25, 0.3) is 0 Å². The monoisotopic (exact) mass is 157 g/mol. The van der Waals surface area contributed by atoms with Crippen molar-refractivity contribution < 1.29 is 0 Å². The van der Waals surface area contributed by atoms with Gasteiger partial charge in [-0.1, -0.05) is 37.1 Å². The Morgan fingerprint density at radius 3 is 2.56 bits per heavy atom. The molecule has 0 aromatic rings. The summed E-state index contributed by atoms with van der Waals surface area (Å²) in [7, 11) is 0. The molecule has 1 N–H and O–H groups in total. The van der Waals surface area contributed by atoms with E-state index in [2.05, 4.69) is 18.5 Å². The molecule has 1 nitrogen and oxygen atoms in total. The van der Waals surface area contributed by atoms with Crippen molar-refractivity contribution in [2.75, 3.05) is 0 Å². The second-order valence-corrected chi connectivity index (χ2v) is 3.23. The summed E-state index contributed by atoms with van der Waals surface area (Å²) in [5.74, 6) is 0. The van der Waals surface area contributed by atoms with Gasteiger partial charge < -0.3 is 5.32 Å². The summed E-state index contributed by atoms with van der Waals surface area (Å²) >= 11 is 6.34. The van der Waals surface area contributed by atoms with E-state index >= 15 is 0 Å². The van der Waals surface area contributed by atoms with E-state index in [0.717, 1.165) is 10.6 Å². The molecular weight excluding hydrogens is 150 g/mol. The van der Waals surface area contributed by atoms with Crippen molar-refractivity contribution in [3.05, 3.63) is 23.8 Å². The Labute approximate surface area is 64.2 Å². The maximum Gasteiger partial charge on any atom is 0.106 e. The maximum absolute atomic E-state index is 4.73. The van der Waals surface area contributed by atoms with Crippen LogP contribution in [0.15, 0.2) is 23.8 Å². The summed E-state index contributed by atoms with van der Waals surface area (Å²) in [4.78, 5) is 0.987. The zero-order valence-electron chi connectivity index (χ0n) is 4.89. The first-order chi connectivity index (χ1) is 4.24. The molecule has 1 unspecified atom stereocenters. The SMILES string of the molecule is C=C1NC(C=S)SC1=C. The topological polar surface area (TPSA) is 12.0 Å². The van der Waals surface area contributed by atoms with Gasteiger partial charge >= 0.3 is 0 Å². The highest BCUT2D eigenvalue weighted by atomic mass is 32.2. The van der Waals surface area contributed by atoms with Gasteiger partial charge in [-0.05, 0) is 0 Å². The Morgan fingerprint density at radius 2 is 2.33 bits per heavy atom. The second-order valence-electron chi connectivity index (χ2n) is 1.72. The minimum atomic E-state index is 0.208. The van der Waals surface area contributed by atoms with Crippen molar-refractivity contribution in [1.82, 2.24) is 5.32 Å². The van der Waals surface area contributed by atoms with Crippen LogP contribution in [0.4, 0.5) is 0 Å². The maximum atomic E-state index is 4.73. The van der Waals surface area contributed by atoms with Gasteiger partial charge in [0.2, 0.25) is 0 Å². The molecule has 0 saturated carbocycles. The Hall–Kier alpha value is -0.280. The van der Waals surface area contributed by atoms with Gasteiger partial charge in [0, 0.05) is 16.0 Å². The Kier molecular flexibility index (Phi) is 1.93. The molecule has 3 heteroatoms. The lowest BCUT2D eigenvalue weighted by Crippen LogP contribution is -2.17. The van der Waals surface area contributed by atoms with Gasteiger partial charge in [0.05, 0.1) is 0 Å². The van der Waals surface area contributed by atoms with E-state index in [-0.39, 0.29) is 5.37 Å². The molecule has 48 valence electrons. The Morgan fingerprint density at radius 1 is 1.67 bits per heavy atom. The van der Waals surface area contributed by atoms with E-state index < -0.39 is 0 Å². The van der Waals surface area contributed by atoms with E-state index in [1.54, 1.807) is 17.1 Å². The summed E-state index contributed by atoms with van der Waals surface area (Å²) in [6.07, 6.45) is 0. The van der Waals surface area contributed by atoms with Crippen LogP contribution < -0.4 is 5.32 Å². The van der Waals surface area contributed by atoms with Gasteiger partial charge in [-0.15, -0.1) is 0 Å². The molecule has 1 fully saturated rings. The lowest BCUT2D eigenvalue weighted by Gasteiger charge is -1.97. The third-order valence-corrected chi connectivity index (χ3v) is 2.53. The van der Waals surface area contributed by atoms with Crippen LogP contribution in [-0.4, -0.2) is 10.7 Å². The largest absolute Gasteiger partial charge is 0.369 e. The molecule has 1 rings (SSSR count). The number of hydrogen-bond acceptors (Lipinski definition) is 3. The van der Waals surface area contributed by atoms with Crippen LogP contribution in [0.1, 0.15) is 0 Å². The first-order valence-corrected chi connectivity index (χ1v) is 3.86. The smallest absolute Gasteiger partial charge is 0.106 e. The van der Waals surface area contributed by atoms with Crippen molar-refractivity contribution in [2.24, 2.45) is 0 Å². The molecule has 1 saturated heterocycles. The zero-order valence-corrected chi connectivity index (χ0v) is 6.52. The second kappa shape index (κ2) is 2.54. The summed E-state index contributed by atoms with van der Waals surface area (Å²) in [5.41, 5.74) is 0.895. The van der Waals surface area contributed by atoms with Gasteiger partial charge in [0.15, 0.2) is 0 Å². The van der Waals surface area contributed by atoms with E-state index in [9.17, 15) is 0 Å². The molecular formula is C6H7NS2. The van der Waals surface area contributed by atoms with Crippen LogP contribution >= 0.6 is 24.0 Å². The summed E-state index contributed by atoms with van der Waals surface area (Å²) in [6.45, 7) is 7.50. The average Bonchev–Trinajstić information content (AvgIpc) is 2.13. The van der Waals surface area contributed by atoms with Crippen molar-refractivity contribution in [3.8, 4) is 0 Å². The van der Waals surface area contributed by atoms with Crippen LogP contribution in [0, 0.1) is 0 Å². The van der Waals surface area contributed by atoms with E-state index in [4.69, 9.17) is 12.2 Å². The highest BCUT2D eigenvalue weighted by Gasteiger charge is 2.17. The molecule has 0 aliphatic carbocycles. The van der Waals surface area contributed by atoms with Crippen LogP contribution in [-0.2, 0) is 0 Å². The molecule has 1 atom stereocenters. The average molecular weight is 157 g/mol.